The number of unbranched alkanes of at least 4 members (excludes halogenated alkanes) is 1. The van der Waals surface area contributed by atoms with E-state index in [0.717, 1.165) is 0 Å². The number of carbonyl (C=O) groups is 2. The van der Waals surface area contributed by atoms with E-state index in [1.807, 2.05) is 6.92 Å². The summed E-state index contributed by atoms with van der Waals surface area (Å²) in [5.74, 6) is -0.619. The number of hydrogen-bond acceptors (Lipinski definition) is 4. The molecule has 100 valence electrons. The van der Waals surface area contributed by atoms with Crippen LogP contribution < -0.4 is 16.8 Å². The Morgan fingerprint density at radius 2 is 2.17 bits per heavy atom. The molecule has 1 aromatic rings. The summed E-state index contributed by atoms with van der Waals surface area (Å²) in [5.41, 5.74) is 11.3. The molecule has 0 saturated carbocycles. The van der Waals surface area contributed by atoms with Crippen LogP contribution in [-0.2, 0) is 11.3 Å². The average molecular weight is 253 g/mol. The zero-order chi connectivity index (χ0) is 13.5. The molecule has 0 bridgehead atoms. The van der Waals surface area contributed by atoms with E-state index in [9.17, 15) is 9.59 Å². The van der Waals surface area contributed by atoms with Crippen molar-refractivity contribution >= 4 is 17.5 Å². The quantitative estimate of drug-likeness (QED) is 0.587. The number of aryl methyl sites for hydroxylation is 1. The van der Waals surface area contributed by atoms with Gasteiger partial charge < -0.3 is 16.8 Å². The molecule has 0 aliphatic carbocycles. The van der Waals surface area contributed by atoms with E-state index >= 15 is 0 Å². The lowest BCUT2D eigenvalue weighted by Gasteiger charge is -2.03. The Balaban J connectivity index is 2.36. The van der Waals surface area contributed by atoms with Gasteiger partial charge in [-0.25, -0.2) is 0 Å². The van der Waals surface area contributed by atoms with Crippen molar-refractivity contribution in [1.82, 2.24) is 15.1 Å². The maximum atomic E-state index is 11.7. The molecule has 0 aliphatic rings. The molecule has 0 aromatic carbocycles. The summed E-state index contributed by atoms with van der Waals surface area (Å²) in [6, 6.07) is 0. The number of primary amides is 1. The second kappa shape index (κ2) is 6.63. The highest BCUT2D eigenvalue weighted by Gasteiger charge is 2.13. The van der Waals surface area contributed by atoms with Crippen molar-refractivity contribution < 1.29 is 9.59 Å². The number of hydrogen-bond donors (Lipinski definition) is 3. The molecule has 7 heteroatoms. The van der Waals surface area contributed by atoms with Crippen LogP contribution in [0.4, 0.5) is 5.69 Å². The highest BCUT2D eigenvalue weighted by Crippen LogP contribution is 2.08. The maximum Gasteiger partial charge on any atom is 0.273 e. The number of nitrogens with zero attached hydrogens (tertiary/aromatic N) is 2. The van der Waals surface area contributed by atoms with Gasteiger partial charge in [-0.15, -0.1) is 0 Å². The summed E-state index contributed by atoms with van der Waals surface area (Å²) in [7, 11) is 0. The molecule has 1 rings (SSSR count). The Bertz CT molecular complexity index is 427. The third-order valence-corrected chi connectivity index (χ3v) is 2.46. The van der Waals surface area contributed by atoms with Crippen LogP contribution in [0.3, 0.4) is 0 Å². The van der Waals surface area contributed by atoms with E-state index < -0.39 is 0 Å². The maximum absolute atomic E-state index is 11.7. The fourth-order valence-corrected chi connectivity index (χ4v) is 1.49. The molecule has 1 heterocycles. The zero-order valence-electron chi connectivity index (χ0n) is 10.5. The molecule has 7 nitrogen and oxygen atoms in total. The van der Waals surface area contributed by atoms with Gasteiger partial charge in [-0.1, -0.05) is 0 Å². The van der Waals surface area contributed by atoms with Gasteiger partial charge in [0.1, 0.15) is 0 Å². The van der Waals surface area contributed by atoms with E-state index in [2.05, 4.69) is 10.4 Å². The first-order valence-corrected chi connectivity index (χ1v) is 5.94. The Kier molecular flexibility index (Phi) is 5.16. The first-order chi connectivity index (χ1) is 8.54. The lowest BCUT2D eigenvalue weighted by Crippen LogP contribution is -2.26. The molecule has 0 radical (unpaired) electrons. The monoisotopic (exact) mass is 253 g/mol. The van der Waals surface area contributed by atoms with Crippen molar-refractivity contribution in [3.05, 3.63) is 11.9 Å². The number of aromatic nitrogens is 2. The number of nitrogens with two attached hydrogens (primary N) is 2. The highest BCUT2D eigenvalue weighted by molar-refractivity contribution is 5.96. The second-order valence-electron chi connectivity index (χ2n) is 3.97. The van der Waals surface area contributed by atoms with Crippen LogP contribution in [0.2, 0.25) is 0 Å². The predicted molar refractivity (Wildman–Crippen MR) is 67.7 cm³/mol. The minimum atomic E-state index is -0.327. The minimum Gasteiger partial charge on any atom is -0.396 e. The summed E-state index contributed by atoms with van der Waals surface area (Å²) in [6.07, 6.45) is 3.32. The van der Waals surface area contributed by atoms with Crippen molar-refractivity contribution in [2.75, 3.05) is 12.3 Å². The highest BCUT2D eigenvalue weighted by atomic mass is 16.2. The number of anilines is 1. The predicted octanol–water partition coefficient (Wildman–Crippen LogP) is -0.129. The standard InChI is InChI=1S/C11H19N5O2/c1-2-16-7-8(12)10(15-16)11(18)14-6-4-3-5-9(13)17/h7H,2-6,12H2,1H3,(H2,13,17)(H,14,18). The number of nitrogen functional groups attached to an aromatic ring is 1. The minimum absolute atomic E-state index is 0.242. The fraction of sp³-hybridized carbons (Fsp3) is 0.545. The Morgan fingerprint density at radius 3 is 2.72 bits per heavy atom. The van der Waals surface area contributed by atoms with Crippen LogP contribution >= 0.6 is 0 Å². The molecule has 0 saturated heterocycles. The van der Waals surface area contributed by atoms with Gasteiger partial charge in [-0.05, 0) is 19.8 Å². The number of amides is 2. The van der Waals surface area contributed by atoms with Gasteiger partial charge in [-0.2, -0.15) is 5.10 Å². The molecule has 0 aliphatic heterocycles. The summed E-state index contributed by atoms with van der Waals surface area (Å²) >= 11 is 0. The van der Waals surface area contributed by atoms with E-state index in [-0.39, 0.29) is 17.5 Å². The molecule has 5 N–H and O–H groups in total. The van der Waals surface area contributed by atoms with E-state index in [0.29, 0.717) is 38.0 Å². The van der Waals surface area contributed by atoms with Gasteiger partial charge in [-0.3, -0.25) is 14.3 Å². The summed E-state index contributed by atoms with van der Waals surface area (Å²) in [6.45, 7) is 3.05. The van der Waals surface area contributed by atoms with Crippen LogP contribution in [0.1, 0.15) is 36.7 Å². The number of rotatable bonds is 7. The summed E-state index contributed by atoms with van der Waals surface area (Å²) < 4.78 is 1.61. The molecule has 0 fully saturated rings. The third kappa shape index (κ3) is 4.08. The van der Waals surface area contributed by atoms with Crippen molar-refractivity contribution in [3.8, 4) is 0 Å². The lowest BCUT2D eigenvalue weighted by atomic mass is 10.2. The molecule has 2 amide bonds. The van der Waals surface area contributed by atoms with Crippen molar-refractivity contribution in [2.24, 2.45) is 5.73 Å². The van der Waals surface area contributed by atoms with Crippen molar-refractivity contribution in [1.29, 1.82) is 0 Å². The van der Waals surface area contributed by atoms with Gasteiger partial charge in [0.05, 0.1) is 5.69 Å². The Hall–Kier alpha value is -2.05. The van der Waals surface area contributed by atoms with E-state index in [1.54, 1.807) is 10.9 Å². The summed E-state index contributed by atoms with van der Waals surface area (Å²) in [4.78, 5) is 22.2. The van der Waals surface area contributed by atoms with Crippen LogP contribution in [0.5, 0.6) is 0 Å². The molecule has 1 aromatic heterocycles. The molecule has 0 spiro atoms. The first-order valence-electron chi connectivity index (χ1n) is 5.94. The largest absolute Gasteiger partial charge is 0.396 e. The second-order valence-corrected chi connectivity index (χ2v) is 3.97. The van der Waals surface area contributed by atoms with Crippen molar-refractivity contribution in [3.63, 3.8) is 0 Å². The lowest BCUT2D eigenvalue weighted by molar-refractivity contribution is -0.118. The number of carbonyl (C=O) groups excluding carboxylic acids is 2. The smallest absolute Gasteiger partial charge is 0.273 e. The molecular weight excluding hydrogens is 234 g/mol. The Morgan fingerprint density at radius 1 is 1.44 bits per heavy atom. The van der Waals surface area contributed by atoms with E-state index in [1.165, 1.54) is 0 Å². The topological polar surface area (TPSA) is 116 Å². The van der Waals surface area contributed by atoms with Gasteiger partial charge in [0.2, 0.25) is 5.91 Å². The van der Waals surface area contributed by atoms with Gasteiger partial charge >= 0.3 is 0 Å². The summed E-state index contributed by atoms with van der Waals surface area (Å²) in [5, 5.41) is 6.76. The Labute approximate surface area is 106 Å². The SMILES string of the molecule is CCn1cc(N)c(C(=O)NCCCCC(N)=O)n1. The number of nitrogens with one attached hydrogen (secondary N) is 1. The zero-order valence-corrected chi connectivity index (χ0v) is 10.5. The van der Waals surface area contributed by atoms with E-state index in [4.69, 9.17) is 11.5 Å². The van der Waals surface area contributed by atoms with Crippen LogP contribution in [0.15, 0.2) is 6.20 Å². The van der Waals surface area contributed by atoms with Crippen LogP contribution in [-0.4, -0.2) is 28.1 Å². The van der Waals surface area contributed by atoms with Crippen LogP contribution in [0, 0.1) is 0 Å². The first kappa shape index (κ1) is 14.0. The van der Waals surface area contributed by atoms with Gasteiger partial charge in [0.15, 0.2) is 5.69 Å². The van der Waals surface area contributed by atoms with Gasteiger partial charge in [0.25, 0.3) is 5.91 Å². The van der Waals surface area contributed by atoms with Gasteiger partial charge in [0, 0.05) is 25.7 Å². The molecular formula is C11H19N5O2. The normalized spacial score (nSPS) is 10.3. The molecule has 0 atom stereocenters. The third-order valence-electron chi connectivity index (χ3n) is 2.46. The molecule has 0 unspecified atom stereocenters. The molecule has 18 heavy (non-hydrogen) atoms. The van der Waals surface area contributed by atoms with Crippen LogP contribution in [0.25, 0.3) is 0 Å². The van der Waals surface area contributed by atoms with Crippen molar-refractivity contribution in [2.45, 2.75) is 32.7 Å². The average Bonchev–Trinajstić information content (AvgIpc) is 2.69. The fourth-order valence-electron chi connectivity index (χ4n) is 1.49.